The van der Waals surface area contributed by atoms with Gasteiger partial charge in [-0.15, -0.1) is 0 Å². The third kappa shape index (κ3) is 2.36. The van der Waals surface area contributed by atoms with Crippen molar-refractivity contribution in [2.24, 2.45) is 40.4 Å². The molecule has 117 valence electrons. The first-order valence-electron chi connectivity index (χ1n) is 9.37. The zero-order chi connectivity index (χ0) is 14.0. The molecule has 0 bridgehead atoms. The van der Waals surface area contributed by atoms with Gasteiger partial charge in [-0.1, -0.05) is 39.5 Å². The van der Waals surface area contributed by atoms with Gasteiger partial charge in [-0.3, -0.25) is 0 Å². The first-order chi connectivity index (χ1) is 9.56. The van der Waals surface area contributed by atoms with Gasteiger partial charge in [0.2, 0.25) is 0 Å². The van der Waals surface area contributed by atoms with E-state index in [0.717, 1.165) is 29.6 Å². The smallest absolute Gasteiger partial charge is 0 e. The maximum absolute atomic E-state index is 2.68. The zero-order valence-electron chi connectivity index (χ0n) is 14.4. The summed E-state index contributed by atoms with van der Waals surface area (Å²) in [5.74, 6) is 5.23. The Morgan fingerprint density at radius 1 is 0.857 bits per heavy atom. The minimum absolute atomic E-state index is 0. The van der Waals surface area contributed by atoms with Gasteiger partial charge in [-0.2, -0.15) is 12.8 Å². The Bertz CT molecular complexity index is 391. The maximum atomic E-state index is 2.68. The van der Waals surface area contributed by atoms with Crippen molar-refractivity contribution >= 4 is 0 Å². The second-order valence-corrected chi connectivity index (χ2v) is 9.24. The van der Waals surface area contributed by atoms with Crippen LogP contribution in [0.4, 0.5) is 0 Å². The fourth-order valence-corrected chi connectivity index (χ4v) is 7.31. The second kappa shape index (κ2) is 5.87. The average molecular weight is 362 g/mol. The summed E-state index contributed by atoms with van der Waals surface area (Å²) in [6, 6.07) is 0. The SMILES string of the molecule is CC1CCC2C3CCC4C[CH-]CC[C@]4(C)C3CC[C@]12C.[Y]. The van der Waals surface area contributed by atoms with Crippen molar-refractivity contribution in [3.8, 4) is 0 Å². The fraction of sp³-hybridized carbons (Fsp3) is 0.950. The Hall–Kier alpha value is 1.10. The van der Waals surface area contributed by atoms with E-state index < -0.39 is 0 Å². The van der Waals surface area contributed by atoms with Crippen molar-refractivity contribution in [2.75, 3.05) is 0 Å². The van der Waals surface area contributed by atoms with Crippen LogP contribution in [0.1, 0.15) is 78.6 Å². The van der Waals surface area contributed by atoms with Crippen molar-refractivity contribution in [1.29, 1.82) is 0 Å². The Labute approximate surface area is 157 Å². The molecule has 21 heavy (non-hydrogen) atoms. The molecule has 0 heterocycles. The fourth-order valence-electron chi connectivity index (χ4n) is 7.31. The van der Waals surface area contributed by atoms with Gasteiger partial charge in [0, 0.05) is 32.7 Å². The van der Waals surface area contributed by atoms with Crippen LogP contribution in [0.25, 0.3) is 0 Å². The molecule has 4 aliphatic rings. The zero-order valence-corrected chi connectivity index (χ0v) is 17.2. The van der Waals surface area contributed by atoms with Gasteiger partial charge < -0.3 is 6.42 Å². The largest absolute Gasteiger partial charge is 0.328 e. The number of rotatable bonds is 0. The van der Waals surface area contributed by atoms with Crippen molar-refractivity contribution in [3.63, 3.8) is 0 Å². The molecule has 4 rings (SSSR count). The second-order valence-electron chi connectivity index (χ2n) is 9.24. The predicted octanol–water partition coefficient (Wildman–Crippen LogP) is 5.87. The summed E-state index contributed by atoms with van der Waals surface area (Å²) in [6.45, 7) is 7.88. The molecule has 1 heteroatoms. The van der Waals surface area contributed by atoms with E-state index in [0.29, 0.717) is 10.8 Å². The van der Waals surface area contributed by atoms with Gasteiger partial charge in [0.1, 0.15) is 0 Å². The monoisotopic (exact) mass is 362 g/mol. The number of fused-ring (bicyclic) bond motifs is 5. The normalized spacial score (nSPS) is 55.9. The van der Waals surface area contributed by atoms with E-state index in [2.05, 4.69) is 27.2 Å². The van der Waals surface area contributed by atoms with Gasteiger partial charge >= 0.3 is 0 Å². The van der Waals surface area contributed by atoms with E-state index in [1.807, 2.05) is 0 Å². The number of hydrogen-bond acceptors (Lipinski definition) is 0. The van der Waals surface area contributed by atoms with Crippen LogP contribution in [-0.4, -0.2) is 0 Å². The Morgan fingerprint density at radius 3 is 2.43 bits per heavy atom. The molecule has 0 saturated heterocycles. The molecule has 1 radical (unpaired) electrons. The molecule has 0 amide bonds. The molecule has 0 spiro atoms. The summed E-state index contributed by atoms with van der Waals surface area (Å²) >= 11 is 0. The summed E-state index contributed by atoms with van der Waals surface area (Å²) in [7, 11) is 0. The molecular formula is C20H33Y-. The van der Waals surface area contributed by atoms with Crippen molar-refractivity contribution in [2.45, 2.75) is 78.6 Å². The van der Waals surface area contributed by atoms with Gasteiger partial charge in [0.25, 0.3) is 0 Å². The first-order valence-corrected chi connectivity index (χ1v) is 9.37. The van der Waals surface area contributed by atoms with Gasteiger partial charge in [-0.25, -0.2) is 0 Å². The van der Waals surface area contributed by atoms with E-state index >= 15 is 0 Å². The molecule has 0 nitrogen and oxygen atoms in total. The molecule has 0 aromatic carbocycles. The molecule has 4 fully saturated rings. The van der Waals surface area contributed by atoms with Crippen LogP contribution < -0.4 is 0 Å². The first kappa shape index (κ1) is 16.9. The van der Waals surface area contributed by atoms with E-state index in [4.69, 9.17) is 0 Å². The molecule has 4 aliphatic carbocycles. The van der Waals surface area contributed by atoms with Gasteiger partial charge in [-0.05, 0) is 66.6 Å². The minimum Gasteiger partial charge on any atom is -0.328 e. The van der Waals surface area contributed by atoms with E-state index in [1.54, 1.807) is 19.3 Å². The predicted molar refractivity (Wildman–Crippen MR) is 85.2 cm³/mol. The van der Waals surface area contributed by atoms with Crippen LogP contribution >= 0.6 is 0 Å². The van der Waals surface area contributed by atoms with Gasteiger partial charge in [0.05, 0.1) is 0 Å². The van der Waals surface area contributed by atoms with Crippen molar-refractivity contribution < 1.29 is 32.7 Å². The third-order valence-electron chi connectivity index (χ3n) is 8.88. The van der Waals surface area contributed by atoms with E-state index in [-0.39, 0.29) is 32.7 Å². The van der Waals surface area contributed by atoms with Crippen LogP contribution in [0.3, 0.4) is 0 Å². The summed E-state index contributed by atoms with van der Waals surface area (Å²) in [5, 5.41) is 0. The molecule has 7 atom stereocenters. The Morgan fingerprint density at radius 2 is 1.62 bits per heavy atom. The van der Waals surface area contributed by atoms with Crippen LogP contribution in [0, 0.1) is 46.8 Å². The summed E-state index contributed by atoms with van der Waals surface area (Å²) < 4.78 is 0. The molecule has 0 N–H and O–H groups in total. The molecule has 0 aromatic rings. The van der Waals surface area contributed by atoms with Crippen LogP contribution in [-0.2, 0) is 32.7 Å². The van der Waals surface area contributed by atoms with Crippen molar-refractivity contribution in [3.05, 3.63) is 6.42 Å². The van der Waals surface area contributed by atoms with E-state index in [9.17, 15) is 0 Å². The third-order valence-corrected chi connectivity index (χ3v) is 8.88. The maximum Gasteiger partial charge on any atom is 0 e. The van der Waals surface area contributed by atoms with Crippen LogP contribution in [0.15, 0.2) is 0 Å². The quantitative estimate of drug-likeness (QED) is 0.473. The topological polar surface area (TPSA) is 0 Å². The molecule has 0 aliphatic heterocycles. The van der Waals surface area contributed by atoms with E-state index in [1.165, 1.54) is 38.5 Å². The summed E-state index contributed by atoms with van der Waals surface area (Å²) in [4.78, 5) is 0. The molecular weight excluding hydrogens is 329 g/mol. The van der Waals surface area contributed by atoms with Crippen LogP contribution in [0.5, 0.6) is 0 Å². The summed E-state index contributed by atoms with van der Waals surface area (Å²) in [5.41, 5.74) is 1.40. The Kier molecular flexibility index (Phi) is 4.74. The molecule has 4 saturated carbocycles. The standard InChI is InChI=1S/C20H33.Y/c1-14-7-10-17-16-9-8-15-6-4-5-12-20(15,3)18(16)11-13-19(14,17)2;/h4,14-18H,5-13H2,1-3H3;/q-1;/t14?,15?,16?,17?,18?,19-,20+;/m1./s1. The minimum atomic E-state index is 0. The summed E-state index contributed by atoms with van der Waals surface area (Å²) in [6.07, 6.45) is 16.2. The van der Waals surface area contributed by atoms with Crippen LogP contribution in [0.2, 0.25) is 0 Å². The number of hydrogen-bond donors (Lipinski definition) is 0. The molecule has 5 unspecified atom stereocenters. The average Bonchev–Trinajstić information content (AvgIpc) is 2.74. The molecule has 0 aromatic heterocycles. The Balaban J connectivity index is 0.00000132. The van der Waals surface area contributed by atoms with Gasteiger partial charge in [0.15, 0.2) is 0 Å². The van der Waals surface area contributed by atoms with Crippen molar-refractivity contribution in [1.82, 2.24) is 0 Å².